The van der Waals surface area contributed by atoms with Crippen LogP contribution in [0.1, 0.15) is 10.8 Å². The topological polar surface area (TPSA) is 102 Å². The number of thiophene rings is 1. The Morgan fingerprint density at radius 3 is 2.38 bits per heavy atom. The number of rotatable bonds is 8. The van der Waals surface area contributed by atoms with Crippen molar-refractivity contribution in [3.63, 3.8) is 0 Å². The summed E-state index contributed by atoms with van der Waals surface area (Å²) in [5, 5.41) is 5.49. The lowest BCUT2D eigenvalue weighted by Gasteiger charge is -2.18. The fraction of sp³-hybridized carbons (Fsp3) is 0.294. The quantitative estimate of drug-likeness (QED) is 0.515. The minimum Gasteiger partial charge on any atom is -0.383 e. The van der Waals surface area contributed by atoms with Crippen molar-refractivity contribution in [1.29, 1.82) is 0 Å². The average molecular weight is 396 g/mol. The van der Waals surface area contributed by atoms with Crippen LogP contribution < -0.4 is 10.6 Å². The van der Waals surface area contributed by atoms with Crippen molar-refractivity contribution in [2.75, 3.05) is 26.8 Å². The first-order valence-corrected chi connectivity index (χ1v) is 10.3. The number of nitrogens with one attached hydrogen (secondary N) is 2. The Morgan fingerprint density at radius 1 is 1.08 bits per heavy atom. The van der Waals surface area contributed by atoms with Crippen LogP contribution in [0.2, 0.25) is 0 Å². The van der Waals surface area contributed by atoms with Crippen molar-refractivity contribution in [3.05, 3.63) is 53.4 Å². The molecule has 1 atom stereocenters. The molecule has 0 saturated heterocycles. The number of amides is 2. The molecule has 9 heteroatoms. The molecule has 0 unspecified atom stereocenters. The minimum atomic E-state index is -3.70. The molecule has 2 amide bonds. The number of carbonyl (C=O) groups excluding carboxylic acids is 2. The van der Waals surface area contributed by atoms with Crippen molar-refractivity contribution in [3.8, 4) is 0 Å². The molecule has 140 valence electrons. The molecule has 0 bridgehead atoms. The maximum Gasteiger partial charge on any atom is 0.309 e. The minimum absolute atomic E-state index is 0.193. The van der Waals surface area contributed by atoms with Crippen molar-refractivity contribution in [2.45, 2.75) is 9.46 Å². The van der Waals surface area contributed by atoms with Gasteiger partial charge in [0.1, 0.15) is 9.46 Å². The van der Waals surface area contributed by atoms with E-state index in [-0.39, 0.29) is 23.9 Å². The van der Waals surface area contributed by atoms with E-state index in [9.17, 15) is 18.0 Å². The van der Waals surface area contributed by atoms with Crippen LogP contribution in [0.25, 0.3) is 0 Å². The van der Waals surface area contributed by atoms with Gasteiger partial charge < -0.3 is 15.4 Å². The van der Waals surface area contributed by atoms with Crippen LogP contribution in [-0.2, 0) is 24.2 Å². The Morgan fingerprint density at radius 2 is 1.77 bits per heavy atom. The number of carbonyl (C=O) groups is 2. The van der Waals surface area contributed by atoms with Gasteiger partial charge in [-0.05, 0) is 17.0 Å². The SMILES string of the molecule is COCCNC(=O)C(=O)NC[C@@H](c1ccccc1)S(=O)(=O)c1cccs1. The van der Waals surface area contributed by atoms with Gasteiger partial charge in [-0.15, -0.1) is 11.3 Å². The number of sulfone groups is 1. The van der Waals surface area contributed by atoms with E-state index in [1.165, 1.54) is 13.2 Å². The summed E-state index contributed by atoms with van der Waals surface area (Å²) >= 11 is 1.11. The van der Waals surface area contributed by atoms with E-state index in [0.29, 0.717) is 5.56 Å². The molecule has 1 heterocycles. The van der Waals surface area contributed by atoms with E-state index in [1.54, 1.807) is 41.8 Å². The van der Waals surface area contributed by atoms with Crippen molar-refractivity contribution in [1.82, 2.24) is 10.6 Å². The van der Waals surface area contributed by atoms with Crippen LogP contribution in [0.5, 0.6) is 0 Å². The standard InChI is InChI=1S/C17H20N2O5S2/c1-24-10-9-18-16(20)17(21)19-12-14(13-6-3-2-4-7-13)26(22,23)15-8-5-11-25-15/h2-8,11,14H,9-10,12H2,1H3,(H,18,20)(H,19,21)/t14-/m0/s1. The van der Waals surface area contributed by atoms with Gasteiger partial charge in [-0.2, -0.15) is 0 Å². The van der Waals surface area contributed by atoms with Crippen LogP contribution in [0.3, 0.4) is 0 Å². The molecule has 1 aromatic carbocycles. The van der Waals surface area contributed by atoms with Crippen LogP contribution in [0.4, 0.5) is 0 Å². The highest BCUT2D eigenvalue weighted by Gasteiger charge is 2.31. The van der Waals surface area contributed by atoms with Crippen LogP contribution in [0, 0.1) is 0 Å². The Labute approximate surface area is 156 Å². The summed E-state index contributed by atoms with van der Waals surface area (Å²) in [5.74, 6) is -1.72. The molecule has 0 aliphatic rings. The van der Waals surface area contributed by atoms with Gasteiger partial charge >= 0.3 is 11.8 Å². The van der Waals surface area contributed by atoms with Crippen molar-refractivity contribution in [2.24, 2.45) is 0 Å². The summed E-state index contributed by atoms with van der Waals surface area (Å²) in [4.78, 5) is 23.6. The highest BCUT2D eigenvalue weighted by molar-refractivity contribution is 7.93. The molecule has 26 heavy (non-hydrogen) atoms. The second kappa shape index (κ2) is 9.46. The van der Waals surface area contributed by atoms with Crippen LogP contribution in [-0.4, -0.2) is 47.0 Å². The van der Waals surface area contributed by atoms with E-state index < -0.39 is 26.9 Å². The van der Waals surface area contributed by atoms with Crippen LogP contribution in [0.15, 0.2) is 52.1 Å². The molecule has 0 radical (unpaired) electrons. The molecule has 0 spiro atoms. The Kier molecular flexibility index (Phi) is 7.31. The first-order chi connectivity index (χ1) is 12.5. The normalized spacial score (nSPS) is 12.3. The molecular formula is C17H20N2O5S2. The number of hydrogen-bond acceptors (Lipinski definition) is 6. The third-order valence-corrected chi connectivity index (χ3v) is 7.10. The lowest BCUT2D eigenvalue weighted by Crippen LogP contribution is -2.43. The lowest BCUT2D eigenvalue weighted by molar-refractivity contribution is -0.139. The molecule has 2 N–H and O–H groups in total. The van der Waals surface area contributed by atoms with Gasteiger partial charge in [-0.25, -0.2) is 8.42 Å². The molecule has 0 saturated carbocycles. The Hall–Kier alpha value is -2.23. The third kappa shape index (κ3) is 5.13. The second-order valence-corrected chi connectivity index (χ2v) is 8.64. The molecule has 1 aromatic heterocycles. The van der Waals surface area contributed by atoms with Gasteiger partial charge in [-0.3, -0.25) is 9.59 Å². The highest BCUT2D eigenvalue weighted by Crippen LogP contribution is 2.30. The second-order valence-electron chi connectivity index (χ2n) is 5.34. The van der Waals surface area contributed by atoms with E-state index in [2.05, 4.69) is 10.6 Å². The first-order valence-electron chi connectivity index (χ1n) is 7.84. The average Bonchev–Trinajstić information content (AvgIpc) is 3.18. The Bertz CT molecular complexity index is 820. The predicted molar refractivity (Wildman–Crippen MR) is 98.6 cm³/mol. The summed E-state index contributed by atoms with van der Waals surface area (Å²) in [7, 11) is -2.22. The van der Waals surface area contributed by atoms with Gasteiger partial charge in [-0.1, -0.05) is 36.4 Å². The molecule has 2 aromatic rings. The smallest absolute Gasteiger partial charge is 0.309 e. The largest absolute Gasteiger partial charge is 0.383 e. The third-order valence-electron chi connectivity index (χ3n) is 3.57. The number of ether oxygens (including phenoxy) is 1. The molecule has 2 rings (SSSR count). The fourth-order valence-electron chi connectivity index (χ4n) is 2.25. The predicted octanol–water partition coefficient (Wildman–Crippen LogP) is 1.14. The zero-order valence-corrected chi connectivity index (χ0v) is 15.8. The molecular weight excluding hydrogens is 376 g/mol. The lowest BCUT2D eigenvalue weighted by atomic mass is 10.1. The van der Waals surface area contributed by atoms with E-state index in [0.717, 1.165) is 11.3 Å². The van der Waals surface area contributed by atoms with E-state index >= 15 is 0 Å². The fourth-order valence-corrected chi connectivity index (χ4v) is 5.12. The number of benzene rings is 1. The molecule has 7 nitrogen and oxygen atoms in total. The van der Waals surface area contributed by atoms with Gasteiger partial charge in [0.25, 0.3) is 0 Å². The van der Waals surface area contributed by atoms with Gasteiger partial charge in [0.05, 0.1) is 6.61 Å². The zero-order chi connectivity index (χ0) is 19.0. The summed E-state index contributed by atoms with van der Waals surface area (Å²) in [6, 6.07) is 11.8. The maximum atomic E-state index is 12.9. The van der Waals surface area contributed by atoms with Crippen LogP contribution >= 0.6 is 11.3 Å². The first kappa shape index (κ1) is 20.1. The van der Waals surface area contributed by atoms with Gasteiger partial charge in [0.2, 0.25) is 0 Å². The zero-order valence-electron chi connectivity index (χ0n) is 14.2. The van der Waals surface area contributed by atoms with Gasteiger partial charge in [0, 0.05) is 20.2 Å². The highest BCUT2D eigenvalue weighted by atomic mass is 32.2. The summed E-state index contributed by atoms with van der Waals surface area (Å²) in [6.45, 7) is 0.261. The Balaban J connectivity index is 2.14. The van der Waals surface area contributed by atoms with Crippen molar-refractivity contribution >= 4 is 33.0 Å². The molecule has 0 aliphatic heterocycles. The number of methoxy groups -OCH3 is 1. The van der Waals surface area contributed by atoms with E-state index in [4.69, 9.17) is 4.74 Å². The number of hydrogen-bond donors (Lipinski definition) is 2. The summed E-state index contributed by atoms with van der Waals surface area (Å²) in [6.07, 6.45) is 0. The molecule has 0 aliphatic carbocycles. The summed E-state index contributed by atoms with van der Waals surface area (Å²) < 4.78 is 30.9. The van der Waals surface area contributed by atoms with Crippen molar-refractivity contribution < 1.29 is 22.7 Å². The van der Waals surface area contributed by atoms with E-state index in [1.807, 2.05) is 0 Å². The van der Waals surface area contributed by atoms with Gasteiger partial charge in [0.15, 0.2) is 9.84 Å². The molecule has 0 fully saturated rings. The monoisotopic (exact) mass is 396 g/mol. The maximum absolute atomic E-state index is 12.9. The summed E-state index contributed by atoms with van der Waals surface area (Å²) in [5.41, 5.74) is 0.543.